The second-order valence-corrected chi connectivity index (χ2v) is 5.91. The molecule has 0 spiro atoms. The molecule has 1 aromatic carbocycles. The number of hydrogen-bond donors (Lipinski definition) is 2. The first-order valence-corrected chi connectivity index (χ1v) is 8.10. The molecule has 2 N–H and O–H groups in total. The minimum Gasteiger partial charge on any atom is -0.340 e. The molecule has 0 aliphatic heterocycles. The average Bonchev–Trinajstić information content (AvgIpc) is 2.61. The van der Waals surface area contributed by atoms with Gasteiger partial charge in [0.2, 0.25) is 5.91 Å². The Morgan fingerprint density at radius 2 is 1.83 bits per heavy atom. The Hall–Kier alpha value is -2.69. The SMILES string of the molecule is CCC(C)C(NC(=O)c1ccccc1)C(=O)Nc1ccc(C)cn1. The van der Waals surface area contributed by atoms with Crippen LogP contribution < -0.4 is 10.6 Å². The van der Waals surface area contributed by atoms with E-state index in [1.54, 1.807) is 36.5 Å². The van der Waals surface area contributed by atoms with Crippen LogP contribution in [0.25, 0.3) is 0 Å². The van der Waals surface area contributed by atoms with Crippen LogP contribution in [0.4, 0.5) is 5.82 Å². The summed E-state index contributed by atoms with van der Waals surface area (Å²) in [5.74, 6) is -0.0335. The number of nitrogens with zero attached hydrogens (tertiary/aromatic N) is 1. The molecule has 0 saturated heterocycles. The van der Waals surface area contributed by atoms with Crippen LogP contribution >= 0.6 is 0 Å². The molecule has 2 rings (SSSR count). The summed E-state index contributed by atoms with van der Waals surface area (Å²) in [7, 11) is 0. The molecule has 1 heterocycles. The van der Waals surface area contributed by atoms with E-state index < -0.39 is 6.04 Å². The van der Waals surface area contributed by atoms with Crippen molar-refractivity contribution in [3.8, 4) is 0 Å². The first-order chi connectivity index (χ1) is 11.5. The molecule has 126 valence electrons. The van der Waals surface area contributed by atoms with E-state index in [9.17, 15) is 9.59 Å². The van der Waals surface area contributed by atoms with Crippen molar-refractivity contribution in [1.82, 2.24) is 10.3 Å². The van der Waals surface area contributed by atoms with Gasteiger partial charge in [-0.25, -0.2) is 4.98 Å². The maximum atomic E-state index is 12.6. The van der Waals surface area contributed by atoms with Crippen molar-refractivity contribution in [2.75, 3.05) is 5.32 Å². The molecule has 2 unspecified atom stereocenters. The van der Waals surface area contributed by atoms with Gasteiger partial charge in [0.15, 0.2) is 0 Å². The second-order valence-electron chi connectivity index (χ2n) is 5.91. The molecule has 0 fully saturated rings. The van der Waals surface area contributed by atoms with E-state index in [1.165, 1.54) is 0 Å². The molecule has 2 atom stereocenters. The van der Waals surface area contributed by atoms with E-state index in [-0.39, 0.29) is 17.7 Å². The monoisotopic (exact) mass is 325 g/mol. The molecule has 0 aliphatic rings. The molecule has 2 aromatic rings. The van der Waals surface area contributed by atoms with Gasteiger partial charge in [0, 0.05) is 11.8 Å². The summed E-state index contributed by atoms with van der Waals surface area (Å²) in [6.07, 6.45) is 2.46. The minimum atomic E-state index is -0.620. The predicted octanol–water partition coefficient (Wildman–Crippen LogP) is 3.17. The summed E-state index contributed by atoms with van der Waals surface area (Å²) in [4.78, 5) is 29.1. The first-order valence-electron chi connectivity index (χ1n) is 8.10. The quantitative estimate of drug-likeness (QED) is 0.857. The molecule has 5 heteroatoms. The molecule has 0 aliphatic carbocycles. The van der Waals surface area contributed by atoms with Crippen molar-refractivity contribution in [3.05, 3.63) is 59.8 Å². The van der Waals surface area contributed by atoms with Crippen molar-refractivity contribution in [2.24, 2.45) is 5.92 Å². The maximum absolute atomic E-state index is 12.6. The summed E-state index contributed by atoms with van der Waals surface area (Å²) in [6.45, 7) is 5.86. The van der Waals surface area contributed by atoms with Crippen molar-refractivity contribution in [3.63, 3.8) is 0 Å². The van der Waals surface area contributed by atoms with Crippen LogP contribution in [0.1, 0.15) is 36.2 Å². The molecular formula is C19H23N3O2. The van der Waals surface area contributed by atoms with Crippen molar-refractivity contribution in [1.29, 1.82) is 0 Å². The lowest BCUT2D eigenvalue weighted by Gasteiger charge is -2.23. The van der Waals surface area contributed by atoms with Crippen LogP contribution in [0.5, 0.6) is 0 Å². The zero-order valence-electron chi connectivity index (χ0n) is 14.2. The fraction of sp³-hybridized carbons (Fsp3) is 0.316. The highest BCUT2D eigenvalue weighted by atomic mass is 16.2. The zero-order chi connectivity index (χ0) is 17.5. The topological polar surface area (TPSA) is 71.1 Å². The van der Waals surface area contributed by atoms with Gasteiger partial charge >= 0.3 is 0 Å². The number of rotatable bonds is 6. The van der Waals surface area contributed by atoms with Crippen LogP contribution in [0, 0.1) is 12.8 Å². The fourth-order valence-electron chi connectivity index (χ4n) is 2.26. The van der Waals surface area contributed by atoms with Gasteiger partial charge in [-0.1, -0.05) is 44.5 Å². The molecular weight excluding hydrogens is 302 g/mol. The Morgan fingerprint density at radius 3 is 2.42 bits per heavy atom. The number of aryl methyl sites for hydroxylation is 1. The minimum absolute atomic E-state index is 0.00288. The third kappa shape index (κ3) is 4.65. The van der Waals surface area contributed by atoms with E-state index in [0.29, 0.717) is 11.4 Å². The summed E-state index contributed by atoms with van der Waals surface area (Å²) >= 11 is 0. The molecule has 5 nitrogen and oxygen atoms in total. The molecule has 0 radical (unpaired) electrons. The number of amides is 2. The van der Waals surface area contributed by atoms with Gasteiger partial charge in [0.25, 0.3) is 5.91 Å². The number of carbonyl (C=O) groups is 2. The highest BCUT2D eigenvalue weighted by Crippen LogP contribution is 2.12. The molecule has 0 bridgehead atoms. The van der Waals surface area contributed by atoms with Gasteiger partial charge < -0.3 is 10.6 Å². The van der Waals surface area contributed by atoms with Gasteiger partial charge in [-0.2, -0.15) is 0 Å². The first kappa shape index (κ1) is 17.7. The summed E-state index contributed by atoms with van der Waals surface area (Å²) in [6, 6.07) is 11.9. The Morgan fingerprint density at radius 1 is 1.12 bits per heavy atom. The number of nitrogens with one attached hydrogen (secondary N) is 2. The number of benzene rings is 1. The van der Waals surface area contributed by atoms with E-state index in [2.05, 4.69) is 15.6 Å². The third-order valence-corrected chi connectivity index (χ3v) is 3.98. The van der Waals surface area contributed by atoms with E-state index in [1.807, 2.05) is 32.9 Å². The lowest BCUT2D eigenvalue weighted by atomic mass is 9.98. The van der Waals surface area contributed by atoms with Crippen molar-refractivity contribution in [2.45, 2.75) is 33.2 Å². The Kier molecular flexibility index (Phi) is 6.07. The average molecular weight is 325 g/mol. The van der Waals surface area contributed by atoms with Crippen molar-refractivity contribution >= 4 is 17.6 Å². The predicted molar refractivity (Wildman–Crippen MR) is 94.8 cm³/mol. The molecule has 2 amide bonds. The Balaban J connectivity index is 2.11. The van der Waals surface area contributed by atoms with E-state index in [0.717, 1.165) is 12.0 Å². The van der Waals surface area contributed by atoms with E-state index in [4.69, 9.17) is 0 Å². The molecule has 0 saturated carbocycles. The van der Waals surface area contributed by atoms with Crippen LogP contribution in [0.15, 0.2) is 48.7 Å². The zero-order valence-corrected chi connectivity index (χ0v) is 14.2. The summed E-state index contributed by atoms with van der Waals surface area (Å²) in [5, 5.41) is 5.61. The lowest BCUT2D eigenvalue weighted by molar-refractivity contribution is -0.119. The van der Waals surface area contributed by atoms with Crippen LogP contribution in [0.3, 0.4) is 0 Å². The largest absolute Gasteiger partial charge is 0.340 e. The smallest absolute Gasteiger partial charge is 0.251 e. The highest BCUT2D eigenvalue weighted by Gasteiger charge is 2.26. The number of anilines is 1. The molecule has 24 heavy (non-hydrogen) atoms. The number of aromatic nitrogens is 1. The standard InChI is InChI=1S/C19H23N3O2/c1-4-14(3)17(22-18(23)15-8-6-5-7-9-15)19(24)21-16-11-10-13(2)12-20-16/h5-12,14,17H,4H2,1-3H3,(H,22,23)(H,20,21,24). The van der Waals surface area contributed by atoms with Crippen LogP contribution in [0.2, 0.25) is 0 Å². The van der Waals surface area contributed by atoms with Gasteiger partial charge in [-0.3, -0.25) is 9.59 Å². The van der Waals surface area contributed by atoms with Crippen LogP contribution in [-0.2, 0) is 4.79 Å². The normalized spacial score (nSPS) is 13.0. The number of carbonyl (C=O) groups excluding carboxylic acids is 2. The third-order valence-electron chi connectivity index (χ3n) is 3.98. The van der Waals surface area contributed by atoms with Crippen molar-refractivity contribution < 1.29 is 9.59 Å². The van der Waals surface area contributed by atoms with Crippen LogP contribution in [-0.4, -0.2) is 22.8 Å². The number of hydrogen-bond acceptors (Lipinski definition) is 3. The maximum Gasteiger partial charge on any atom is 0.251 e. The number of pyridine rings is 1. The Labute approximate surface area is 142 Å². The fourth-order valence-corrected chi connectivity index (χ4v) is 2.26. The summed E-state index contributed by atoms with van der Waals surface area (Å²) in [5.41, 5.74) is 1.55. The highest BCUT2D eigenvalue weighted by molar-refractivity contribution is 6.00. The molecule has 1 aromatic heterocycles. The second kappa shape index (κ2) is 8.24. The summed E-state index contributed by atoms with van der Waals surface area (Å²) < 4.78 is 0. The lowest BCUT2D eigenvalue weighted by Crippen LogP contribution is -2.47. The Bertz CT molecular complexity index is 684. The van der Waals surface area contributed by atoms with Gasteiger partial charge in [-0.15, -0.1) is 0 Å². The van der Waals surface area contributed by atoms with Gasteiger partial charge in [0.1, 0.15) is 11.9 Å². The van der Waals surface area contributed by atoms with Gasteiger partial charge in [0.05, 0.1) is 0 Å². The van der Waals surface area contributed by atoms with Gasteiger partial charge in [-0.05, 0) is 36.6 Å². The van der Waals surface area contributed by atoms with E-state index >= 15 is 0 Å².